The summed E-state index contributed by atoms with van der Waals surface area (Å²) in [5.74, 6) is 0.436. The molecule has 19 heavy (non-hydrogen) atoms. The van der Waals surface area contributed by atoms with Crippen LogP contribution in [-0.2, 0) is 20.1 Å². The summed E-state index contributed by atoms with van der Waals surface area (Å²) in [6, 6.07) is 1.86. The molecule has 0 aliphatic carbocycles. The monoisotopic (exact) mass is 264 g/mol. The highest BCUT2D eigenvalue weighted by molar-refractivity contribution is 5.59. The summed E-state index contributed by atoms with van der Waals surface area (Å²) in [5, 5.41) is 22.4. The van der Waals surface area contributed by atoms with Gasteiger partial charge >= 0.3 is 5.69 Å². The summed E-state index contributed by atoms with van der Waals surface area (Å²) in [7, 11) is 1.83. The maximum absolute atomic E-state index is 11.1. The molecule has 102 valence electrons. The van der Waals surface area contributed by atoms with Crippen LogP contribution in [0, 0.1) is 17.0 Å². The number of rotatable bonds is 5. The second kappa shape index (κ2) is 5.09. The van der Waals surface area contributed by atoms with Crippen LogP contribution in [0.4, 0.5) is 11.5 Å². The molecular formula is C11H16N6O2. The van der Waals surface area contributed by atoms with Gasteiger partial charge in [0.1, 0.15) is 5.69 Å². The molecule has 1 N–H and O–H groups in total. The van der Waals surface area contributed by atoms with Gasteiger partial charge in [0.15, 0.2) is 0 Å². The summed E-state index contributed by atoms with van der Waals surface area (Å²) in [6.07, 6.45) is 1.69. The normalized spacial score (nSPS) is 10.7. The fourth-order valence-electron chi connectivity index (χ4n) is 1.94. The van der Waals surface area contributed by atoms with Crippen molar-refractivity contribution in [2.75, 3.05) is 5.32 Å². The van der Waals surface area contributed by atoms with E-state index in [0.717, 1.165) is 5.69 Å². The number of aromatic nitrogens is 4. The van der Waals surface area contributed by atoms with Gasteiger partial charge in [0.25, 0.3) is 0 Å². The summed E-state index contributed by atoms with van der Waals surface area (Å²) in [4.78, 5) is 10.7. The van der Waals surface area contributed by atoms with E-state index in [1.54, 1.807) is 22.5 Å². The second-order valence-corrected chi connectivity index (χ2v) is 4.16. The smallest absolute Gasteiger partial charge is 0.333 e. The minimum absolute atomic E-state index is 0.0315. The lowest BCUT2D eigenvalue weighted by Crippen LogP contribution is -2.10. The van der Waals surface area contributed by atoms with Gasteiger partial charge in [-0.15, -0.1) is 0 Å². The first-order valence-corrected chi connectivity index (χ1v) is 5.97. The SMILES string of the molecule is CCn1nc(C)c([N+](=O)[O-])c1NCc1ccnn1C. The average Bonchev–Trinajstić information content (AvgIpc) is 2.90. The molecule has 0 saturated carbocycles. The molecule has 2 heterocycles. The van der Waals surface area contributed by atoms with Gasteiger partial charge in [-0.1, -0.05) is 0 Å². The molecule has 2 aromatic heterocycles. The zero-order chi connectivity index (χ0) is 14.0. The quantitative estimate of drug-likeness (QED) is 0.652. The molecule has 8 heteroatoms. The van der Waals surface area contributed by atoms with Gasteiger partial charge in [0.05, 0.1) is 17.2 Å². The first kappa shape index (κ1) is 13.1. The van der Waals surface area contributed by atoms with E-state index in [2.05, 4.69) is 15.5 Å². The van der Waals surface area contributed by atoms with Crippen LogP contribution in [0.1, 0.15) is 18.3 Å². The van der Waals surface area contributed by atoms with Gasteiger partial charge in [-0.05, 0) is 19.9 Å². The molecule has 0 spiro atoms. The Labute approximate surface area is 110 Å². The topological polar surface area (TPSA) is 90.8 Å². The van der Waals surface area contributed by atoms with Crippen LogP contribution >= 0.6 is 0 Å². The van der Waals surface area contributed by atoms with E-state index >= 15 is 0 Å². The fourth-order valence-corrected chi connectivity index (χ4v) is 1.94. The first-order chi connectivity index (χ1) is 9.04. The maximum atomic E-state index is 11.1. The van der Waals surface area contributed by atoms with E-state index in [1.807, 2.05) is 20.0 Å². The van der Waals surface area contributed by atoms with Gasteiger partial charge in [-0.25, -0.2) is 4.68 Å². The summed E-state index contributed by atoms with van der Waals surface area (Å²) in [5.41, 5.74) is 1.39. The van der Waals surface area contributed by atoms with Crippen molar-refractivity contribution >= 4 is 11.5 Å². The van der Waals surface area contributed by atoms with E-state index in [1.165, 1.54) is 0 Å². The Morgan fingerprint density at radius 2 is 2.26 bits per heavy atom. The lowest BCUT2D eigenvalue weighted by Gasteiger charge is -2.07. The summed E-state index contributed by atoms with van der Waals surface area (Å²) in [6.45, 7) is 4.57. The van der Waals surface area contributed by atoms with Gasteiger partial charge in [-0.2, -0.15) is 10.2 Å². The fraction of sp³-hybridized carbons (Fsp3) is 0.455. The minimum atomic E-state index is -0.403. The van der Waals surface area contributed by atoms with E-state index in [9.17, 15) is 10.1 Å². The van der Waals surface area contributed by atoms with Crippen molar-refractivity contribution in [1.29, 1.82) is 0 Å². The molecule has 8 nitrogen and oxygen atoms in total. The standard InChI is InChI=1S/C11H16N6O2/c1-4-16-11(10(17(18)19)8(2)14-16)12-7-9-5-6-13-15(9)3/h5-6,12H,4,7H2,1-3H3. The number of aryl methyl sites for hydroxylation is 3. The van der Waals surface area contributed by atoms with Crippen LogP contribution in [0.2, 0.25) is 0 Å². The van der Waals surface area contributed by atoms with Crippen molar-refractivity contribution in [3.05, 3.63) is 33.8 Å². The van der Waals surface area contributed by atoms with Gasteiger partial charge in [0, 0.05) is 19.8 Å². The molecular weight excluding hydrogens is 248 g/mol. The lowest BCUT2D eigenvalue weighted by molar-refractivity contribution is -0.384. The van der Waals surface area contributed by atoms with Crippen LogP contribution in [0.5, 0.6) is 0 Å². The van der Waals surface area contributed by atoms with Crippen LogP contribution in [0.25, 0.3) is 0 Å². The van der Waals surface area contributed by atoms with Crippen molar-refractivity contribution in [2.24, 2.45) is 7.05 Å². The lowest BCUT2D eigenvalue weighted by atomic mass is 10.3. The van der Waals surface area contributed by atoms with E-state index in [0.29, 0.717) is 24.6 Å². The molecule has 0 saturated heterocycles. The maximum Gasteiger partial charge on any atom is 0.333 e. The Hall–Kier alpha value is -2.38. The average molecular weight is 264 g/mol. The Kier molecular flexibility index (Phi) is 3.50. The zero-order valence-corrected chi connectivity index (χ0v) is 11.1. The van der Waals surface area contributed by atoms with Crippen molar-refractivity contribution in [2.45, 2.75) is 26.9 Å². The Morgan fingerprint density at radius 3 is 2.79 bits per heavy atom. The minimum Gasteiger partial charge on any atom is -0.359 e. The molecule has 2 aromatic rings. The van der Waals surface area contributed by atoms with Crippen LogP contribution < -0.4 is 5.32 Å². The van der Waals surface area contributed by atoms with Gasteiger partial charge in [0.2, 0.25) is 5.82 Å². The van der Waals surface area contributed by atoms with Gasteiger partial charge < -0.3 is 5.32 Å². The predicted molar refractivity (Wildman–Crippen MR) is 69.8 cm³/mol. The third-order valence-electron chi connectivity index (χ3n) is 2.94. The molecule has 0 radical (unpaired) electrons. The Bertz CT molecular complexity index is 600. The second-order valence-electron chi connectivity index (χ2n) is 4.16. The third kappa shape index (κ3) is 2.42. The van der Waals surface area contributed by atoms with Crippen LogP contribution in [0.15, 0.2) is 12.3 Å². The zero-order valence-electron chi connectivity index (χ0n) is 11.1. The first-order valence-electron chi connectivity index (χ1n) is 5.97. The summed E-state index contributed by atoms with van der Waals surface area (Å²) >= 11 is 0. The highest BCUT2D eigenvalue weighted by Crippen LogP contribution is 2.28. The molecule has 2 rings (SSSR count). The van der Waals surface area contributed by atoms with E-state index in [-0.39, 0.29) is 5.69 Å². The highest BCUT2D eigenvalue weighted by Gasteiger charge is 2.24. The molecule has 0 aliphatic heterocycles. The largest absolute Gasteiger partial charge is 0.359 e. The van der Waals surface area contributed by atoms with Crippen molar-refractivity contribution < 1.29 is 4.92 Å². The Balaban J connectivity index is 2.28. The number of anilines is 1. The summed E-state index contributed by atoms with van der Waals surface area (Å²) < 4.78 is 3.32. The van der Waals surface area contributed by atoms with Crippen molar-refractivity contribution in [3.63, 3.8) is 0 Å². The number of nitrogens with zero attached hydrogens (tertiary/aromatic N) is 5. The molecule has 0 fully saturated rings. The molecule has 0 unspecified atom stereocenters. The predicted octanol–water partition coefficient (Wildman–Crippen LogP) is 1.47. The number of hydrogen-bond donors (Lipinski definition) is 1. The van der Waals surface area contributed by atoms with E-state index < -0.39 is 4.92 Å². The van der Waals surface area contributed by atoms with Crippen LogP contribution in [-0.4, -0.2) is 24.5 Å². The van der Waals surface area contributed by atoms with Gasteiger partial charge in [-0.3, -0.25) is 14.8 Å². The third-order valence-corrected chi connectivity index (χ3v) is 2.94. The van der Waals surface area contributed by atoms with E-state index in [4.69, 9.17) is 0 Å². The molecule has 0 aromatic carbocycles. The van der Waals surface area contributed by atoms with Crippen molar-refractivity contribution in [3.8, 4) is 0 Å². The highest BCUT2D eigenvalue weighted by atomic mass is 16.6. The number of hydrogen-bond acceptors (Lipinski definition) is 5. The molecule has 0 bridgehead atoms. The number of nitrogens with one attached hydrogen (secondary N) is 1. The van der Waals surface area contributed by atoms with Crippen LogP contribution in [0.3, 0.4) is 0 Å². The number of nitro groups is 1. The molecule has 0 atom stereocenters. The molecule has 0 amide bonds. The Morgan fingerprint density at radius 1 is 1.53 bits per heavy atom. The van der Waals surface area contributed by atoms with Crippen molar-refractivity contribution in [1.82, 2.24) is 19.6 Å². The molecule has 0 aliphatic rings.